The van der Waals surface area contributed by atoms with Crippen molar-refractivity contribution in [3.8, 4) is 0 Å². The summed E-state index contributed by atoms with van der Waals surface area (Å²) < 4.78 is 0. The van der Waals surface area contributed by atoms with E-state index in [0.717, 1.165) is 0 Å². The van der Waals surface area contributed by atoms with Gasteiger partial charge in [-0.15, -0.1) is 0 Å². The number of aromatic carboxylic acids is 1. The monoisotopic (exact) mass is 354 g/mol. The van der Waals surface area contributed by atoms with Gasteiger partial charge < -0.3 is 35.8 Å². The molecule has 1 aromatic carbocycles. The maximum absolute atomic E-state index is 10.3. The first kappa shape index (κ1) is 26.9. The van der Waals surface area contributed by atoms with E-state index < -0.39 is 42.3 Å². The van der Waals surface area contributed by atoms with Gasteiger partial charge in [0, 0.05) is 0 Å². The number of hydrogen-bond donors (Lipinski definition) is 4. The van der Waals surface area contributed by atoms with Gasteiger partial charge in [0.05, 0.1) is 18.8 Å². The summed E-state index contributed by atoms with van der Waals surface area (Å²) in [6.45, 7) is 0. The summed E-state index contributed by atoms with van der Waals surface area (Å²) in [6, 6.07) is 8.06. The van der Waals surface area contributed by atoms with Gasteiger partial charge >= 0.3 is 47.5 Å². The molecule has 1 rings (SSSR count). The third-order valence-corrected chi connectivity index (χ3v) is 2.29. The van der Waals surface area contributed by atoms with E-state index in [2.05, 4.69) is 0 Å². The zero-order valence-corrected chi connectivity index (χ0v) is 14.6. The predicted molar refractivity (Wildman–Crippen MR) is 71.5 cm³/mol. The van der Waals surface area contributed by atoms with E-state index in [1.807, 2.05) is 0 Å². The van der Waals surface area contributed by atoms with Gasteiger partial charge in [0.15, 0.2) is 5.60 Å². The largest absolute Gasteiger partial charge is 1.00 e. The first-order valence-electron chi connectivity index (χ1n) is 5.74. The van der Waals surface area contributed by atoms with E-state index in [1.54, 1.807) is 18.2 Å². The Morgan fingerprint density at radius 3 is 1.50 bits per heavy atom. The maximum Gasteiger partial charge on any atom is 1.00 e. The molecule has 0 spiro atoms. The standard InChI is InChI=1S/C7H6O2.C6H8O7.Na.H2O/c8-7(9)6-4-2-1-3-5-6;7-3(8)1-6(13,5(11)12)2-4(9)10;;/h1-5H,(H,8,9);13H,1-2H2,(H,7,8)(H,9,10)(H,11,12);;1H2/q;;+1;/p-1. The Morgan fingerprint density at radius 2 is 1.29 bits per heavy atom. The third-order valence-electron chi connectivity index (χ3n) is 2.29. The summed E-state index contributed by atoms with van der Waals surface area (Å²) in [5.41, 5.74) is -2.52. The van der Waals surface area contributed by atoms with Crippen molar-refractivity contribution < 1.29 is 79.7 Å². The molecule has 11 heteroatoms. The van der Waals surface area contributed by atoms with Crippen molar-refractivity contribution in [1.29, 1.82) is 0 Å². The van der Waals surface area contributed by atoms with Crippen LogP contribution in [-0.4, -0.2) is 55.4 Å². The van der Waals surface area contributed by atoms with Crippen LogP contribution < -0.4 is 34.7 Å². The smallest absolute Gasteiger partial charge is 0.545 e. The molecule has 0 aromatic heterocycles. The topological polar surface area (TPSA) is 204 Å². The summed E-state index contributed by atoms with van der Waals surface area (Å²) in [5, 5.41) is 43.9. The van der Waals surface area contributed by atoms with E-state index >= 15 is 0 Å². The molecule has 0 saturated heterocycles. The molecule has 0 saturated carbocycles. The average molecular weight is 354 g/mol. The van der Waals surface area contributed by atoms with Crippen LogP contribution in [0, 0.1) is 0 Å². The fourth-order valence-electron chi connectivity index (χ4n) is 1.29. The molecule has 0 atom stereocenters. The van der Waals surface area contributed by atoms with Gasteiger partial charge in [-0.05, 0) is 5.56 Å². The van der Waals surface area contributed by atoms with Gasteiger partial charge in [-0.1, -0.05) is 30.3 Å². The van der Waals surface area contributed by atoms with Gasteiger partial charge in [-0.2, -0.15) is 0 Å². The molecule has 0 bridgehead atoms. The zero-order chi connectivity index (χ0) is 17.3. The van der Waals surface area contributed by atoms with Crippen molar-refractivity contribution in [2.75, 3.05) is 0 Å². The zero-order valence-electron chi connectivity index (χ0n) is 12.6. The second-order valence-electron chi connectivity index (χ2n) is 4.13. The van der Waals surface area contributed by atoms with Gasteiger partial charge in [0.1, 0.15) is 0 Å². The number of carboxylic acid groups (broad SMARTS) is 4. The number of carbonyl (C=O) groups is 4. The first-order valence-corrected chi connectivity index (χ1v) is 5.74. The van der Waals surface area contributed by atoms with Crippen molar-refractivity contribution in [2.45, 2.75) is 18.4 Å². The number of benzene rings is 1. The fourth-order valence-corrected chi connectivity index (χ4v) is 1.29. The van der Waals surface area contributed by atoms with E-state index in [4.69, 9.17) is 20.4 Å². The molecular formula is C13H15NaO10. The van der Waals surface area contributed by atoms with Gasteiger partial charge in [-0.25, -0.2) is 4.79 Å². The van der Waals surface area contributed by atoms with Crippen molar-refractivity contribution in [1.82, 2.24) is 0 Å². The summed E-state index contributed by atoms with van der Waals surface area (Å²) in [4.78, 5) is 40.6. The number of aliphatic carboxylic acids is 3. The Bertz CT molecular complexity index is 541. The number of aliphatic hydroxyl groups is 1. The Labute approximate surface area is 158 Å². The van der Waals surface area contributed by atoms with Crippen LogP contribution in [0.2, 0.25) is 0 Å². The molecule has 0 amide bonds. The Kier molecular flexibility index (Phi) is 13.9. The van der Waals surface area contributed by atoms with Crippen LogP contribution in [0.4, 0.5) is 0 Å². The average Bonchev–Trinajstić information content (AvgIpc) is 2.38. The second kappa shape index (κ2) is 12.4. The Balaban J connectivity index is -0.000000355. The molecule has 0 fully saturated rings. The SMILES string of the molecule is O.O=C(O)CC(O)(CC(=O)O)C(=O)O.O=C([O-])c1ccccc1.[Na+]. The second-order valence-corrected chi connectivity index (χ2v) is 4.13. The molecule has 0 aliphatic rings. The summed E-state index contributed by atoms with van der Waals surface area (Å²) in [7, 11) is 0. The van der Waals surface area contributed by atoms with Crippen molar-refractivity contribution in [2.24, 2.45) is 0 Å². The quantitative estimate of drug-likeness (QED) is 0.360. The summed E-state index contributed by atoms with van der Waals surface area (Å²) >= 11 is 0. The molecule has 0 aliphatic heterocycles. The maximum atomic E-state index is 10.3. The number of carboxylic acids is 4. The Morgan fingerprint density at radius 1 is 0.917 bits per heavy atom. The molecule has 0 heterocycles. The number of rotatable bonds is 6. The normalized spacial score (nSPS) is 9.21. The van der Waals surface area contributed by atoms with Crippen molar-refractivity contribution in [3.05, 3.63) is 35.9 Å². The molecule has 1 aromatic rings. The van der Waals surface area contributed by atoms with E-state index in [9.17, 15) is 24.3 Å². The molecule has 24 heavy (non-hydrogen) atoms. The van der Waals surface area contributed by atoms with Crippen LogP contribution in [0.3, 0.4) is 0 Å². The Hall–Kier alpha value is -1.98. The predicted octanol–water partition coefficient (Wildman–Crippen LogP) is -5.02. The van der Waals surface area contributed by atoms with Crippen LogP contribution in [0.5, 0.6) is 0 Å². The van der Waals surface area contributed by atoms with Crippen molar-refractivity contribution in [3.63, 3.8) is 0 Å². The van der Waals surface area contributed by atoms with Crippen LogP contribution in [-0.2, 0) is 14.4 Å². The molecule has 0 aliphatic carbocycles. The summed E-state index contributed by atoms with van der Waals surface area (Å²) in [5.74, 6) is -6.15. The molecule has 128 valence electrons. The van der Waals surface area contributed by atoms with Gasteiger partial charge in [0.25, 0.3) is 0 Å². The third kappa shape index (κ3) is 10.7. The van der Waals surface area contributed by atoms with E-state index in [-0.39, 0.29) is 40.6 Å². The van der Waals surface area contributed by atoms with Gasteiger partial charge in [0.2, 0.25) is 0 Å². The first-order chi connectivity index (χ1) is 10.1. The molecule has 0 radical (unpaired) electrons. The molecule has 6 N–H and O–H groups in total. The minimum Gasteiger partial charge on any atom is -0.545 e. The van der Waals surface area contributed by atoms with E-state index in [1.165, 1.54) is 12.1 Å². The van der Waals surface area contributed by atoms with Crippen LogP contribution in [0.1, 0.15) is 23.2 Å². The van der Waals surface area contributed by atoms with Crippen LogP contribution in [0.25, 0.3) is 0 Å². The minimum atomic E-state index is -2.74. The van der Waals surface area contributed by atoms with Crippen LogP contribution >= 0.6 is 0 Å². The molecular weight excluding hydrogens is 339 g/mol. The molecule has 0 unspecified atom stereocenters. The number of hydrogen-bond acceptors (Lipinski definition) is 6. The van der Waals surface area contributed by atoms with Crippen molar-refractivity contribution >= 4 is 23.9 Å². The minimum absolute atomic E-state index is 0. The number of carbonyl (C=O) groups excluding carboxylic acids is 1. The van der Waals surface area contributed by atoms with Crippen LogP contribution in [0.15, 0.2) is 30.3 Å². The summed E-state index contributed by atoms with van der Waals surface area (Å²) in [6.07, 6.45) is -2.29. The molecule has 10 nitrogen and oxygen atoms in total. The fraction of sp³-hybridized carbons (Fsp3) is 0.231. The van der Waals surface area contributed by atoms with Gasteiger partial charge in [-0.3, -0.25) is 9.59 Å². The van der Waals surface area contributed by atoms with E-state index in [0.29, 0.717) is 0 Å².